The van der Waals surface area contributed by atoms with E-state index in [0.717, 1.165) is 0 Å². The van der Waals surface area contributed by atoms with Gasteiger partial charge in [-0.05, 0) is 48.4 Å². The van der Waals surface area contributed by atoms with Gasteiger partial charge in [-0.1, -0.05) is 17.7 Å². The van der Waals surface area contributed by atoms with Crippen molar-refractivity contribution in [3.05, 3.63) is 52.2 Å². The average Bonchev–Trinajstić information content (AvgIpc) is 2.74. The maximum Gasteiger partial charge on any atom is 0.0493 e. The Balaban J connectivity index is 2.06. The number of hydrogen-bond acceptors (Lipinski definition) is 2. The van der Waals surface area contributed by atoms with Gasteiger partial charge < -0.3 is 5.32 Å². The van der Waals surface area contributed by atoms with E-state index in [2.05, 4.69) is 60.3 Å². The summed E-state index contributed by atoms with van der Waals surface area (Å²) in [6.45, 7) is 4.29. The normalized spacial score (nSPS) is 12.4. The van der Waals surface area contributed by atoms with Crippen molar-refractivity contribution in [2.45, 2.75) is 19.9 Å². The van der Waals surface area contributed by atoms with Crippen LogP contribution in [-0.4, -0.2) is 0 Å². The number of thiophene rings is 1. The Morgan fingerprint density at radius 3 is 2.47 bits per heavy atom. The molecule has 1 atom stereocenters. The number of aryl methyl sites for hydroxylation is 1. The lowest BCUT2D eigenvalue weighted by atomic mass is 10.1. The quantitative estimate of drug-likeness (QED) is 0.811. The number of nitrogens with one attached hydrogen (secondary N) is 1. The molecular formula is C13H15NS. The van der Waals surface area contributed by atoms with Gasteiger partial charge in [0.2, 0.25) is 0 Å². The smallest absolute Gasteiger partial charge is 0.0493 e. The van der Waals surface area contributed by atoms with Gasteiger partial charge in [0.05, 0.1) is 0 Å². The molecule has 1 nitrogen and oxygen atoms in total. The lowest BCUT2D eigenvalue weighted by Crippen LogP contribution is -2.05. The van der Waals surface area contributed by atoms with Crippen LogP contribution in [0.3, 0.4) is 0 Å². The van der Waals surface area contributed by atoms with E-state index in [1.807, 2.05) is 0 Å². The molecule has 0 saturated heterocycles. The van der Waals surface area contributed by atoms with Gasteiger partial charge in [0.1, 0.15) is 0 Å². The summed E-state index contributed by atoms with van der Waals surface area (Å²) in [4.78, 5) is 0. The molecule has 2 heteroatoms. The average molecular weight is 217 g/mol. The molecule has 1 aromatic carbocycles. The molecule has 0 aliphatic rings. The molecule has 0 fully saturated rings. The third-order valence-corrected chi connectivity index (χ3v) is 3.18. The zero-order chi connectivity index (χ0) is 10.7. The van der Waals surface area contributed by atoms with Crippen LogP contribution in [0.25, 0.3) is 0 Å². The summed E-state index contributed by atoms with van der Waals surface area (Å²) >= 11 is 1.74. The molecule has 78 valence electrons. The predicted octanol–water partition coefficient (Wildman–Crippen LogP) is 4.23. The fourth-order valence-corrected chi connectivity index (χ4v) is 2.26. The topological polar surface area (TPSA) is 12.0 Å². The van der Waals surface area contributed by atoms with E-state index in [0.29, 0.717) is 6.04 Å². The first-order valence-corrected chi connectivity index (χ1v) is 6.05. The maximum absolute atomic E-state index is 3.48. The first-order valence-electron chi connectivity index (χ1n) is 5.11. The van der Waals surface area contributed by atoms with Gasteiger partial charge in [-0.25, -0.2) is 0 Å². The Morgan fingerprint density at radius 1 is 1.13 bits per heavy atom. The minimum atomic E-state index is 0.374. The minimum Gasteiger partial charge on any atom is -0.378 e. The molecule has 0 aliphatic carbocycles. The predicted molar refractivity (Wildman–Crippen MR) is 67.5 cm³/mol. The van der Waals surface area contributed by atoms with E-state index in [-0.39, 0.29) is 0 Å². The zero-order valence-electron chi connectivity index (χ0n) is 9.03. The highest BCUT2D eigenvalue weighted by Gasteiger charge is 2.04. The Hall–Kier alpha value is -1.28. The van der Waals surface area contributed by atoms with Gasteiger partial charge in [0.25, 0.3) is 0 Å². The van der Waals surface area contributed by atoms with E-state index in [4.69, 9.17) is 0 Å². The molecule has 1 aromatic heterocycles. The summed E-state index contributed by atoms with van der Waals surface area (Å²) in [5, 5.41) is 7.78. The van der Waals surface area contributed by atoms with Gasteiger partial charge >= 0.3 is 0 Å². The molecule has 0 saturated carbocycles. The third kappa shape index (κ3) is 2.60. The highest BCUT2D eigenvalue weighted by atomic mass is 32.1. The van der Waals surface area contributed by atoms with Crippen molar-refractivity contribution in [3.8, 4) is 0 Å². The number of anilines is 1. The number of benzene rings is 1. The molecule has 0 spiro atoms. The zero-order valence-corrected chi connectivity index (χ0v) is 9.84. The van der Waals surface area contributed by atoms with Crippen molar-refractivity contribution in [1.29, 1.82) is 0 Å². The van der Waals surface area contributed by atoms with Crippen LogP contribution in [0.4, 0.5) is 5.69 Å². The van der Waals surface area contributed by atoms with Crippen molar-refractivity contribution in [3.63, 3.8) is 0 Å². The highest BCUT2D eigenvalue weighted by Crippen LogP contribution is 2.21. The third-order valence-electron chi connectivity index (χ3n) is 2.48. The molecule has 15 heavy (non-hydrogen) atoms. The summed E-state index contributed by atoms with van der Waals surface area (Å²) in [5.41, 5.74) is 3.82. The summed E-state index contributed by atoms with van der Waals surface area (Å²) in [6, 6.07) is 11.0. The van der Waals surface area contributed by atoms with E-state index in [1.54, 1.807) is 11.3 Å². The Bertz CT molecular complexity index is 403. The summed E-state index contributed by atoms with van der Waals surface area (Å²) < 4.78 is 0. The number of rotatable bonds is 3. The fourth-order valence-electron chi connectivity index (χ4n) is 1.50. The molecule has 2 aromatic rings. The van der Waals surface area contributed by atoms with Gasteiger partial charge in [-0.2, -0.15) is 11.3 Å². The lowest BCUT2D eigenvalue weighted by molar-refractivity contribution is 0.890. The van der Waals surface area contributed by atoms with Gasteiger partial charge in [-0.3, -0.25) is 0 Å². The van der Waals surface area contributed by atoms with Crippen LogP contribution >= 0.6 is 11.3 Å². The monoisotopic (exact) mass is 217 g/mol. The maximum atomic E-state index is 3.48. The van der Waals surface area contributed by atoms with Crippen LogP contribution in [0.5, 0.6) is 0 Å². The van der Waals surface area contributed by atoms with Crippen molar-refractivity contribution >= 4 is 17.0 Å². The minimum absolute atomic E-state index is 0.374. The highest BCUT2D eigenvalue weighted by molar-refractivity contribution is 7.07. The molecule has 1 heterocycles. The van der Waals surface area contributed by atoms with Crippen LogP contribution in [-0.2, 0) is 0 Å². The van der Waals surface area contributed by atoms with E-state index < -0.39 is 0 Å². The van der Waals surface area contributed by atoms with E-state index in [1.165, 1.54) is 16.8 Å². The Labute approximate surface area is 94.8 Å². The first kappa shape index (κ1) is 10.2. The van der Waals surface area contributed by atoms with E-state index >= 15 is 0 Å². The van der Waals surface area contributed by atoms with Crippen molar-refractivity contribution in [1.82, 2.24) is 0 Å². The van der Waals surface area contributed by atoms with Crippen molar-refractivity contribution in [2.75, 3.05) is 5.32 Å². The lowest BCUT2D eigenvalue weighted by Gasteiger charge is -2.14. The number of hydrogen-bond donors (Lipinski definition) is 1. The largest absolute Gasteiger partial charge is 0.378 e. The molecule has 1 unspecified atom stereocenters. The second kappa shape index (κ2) is 4.49. The van der Waals surface area contributed by atoms with E-state index in [9.17, 15) is 0 Å². The van der Waals surface area contributed by atoms with Crippen LogP contribution in [0, 0.1) is 6.92 Å². The van der Waals surface area contributed by atoms with Crippen molar-refractivity contribution < 1.29 is 0 Å². The Kier molecular flexibility index (Phi) is 3.07. The van der Waals surface area contributed by atoms with Crippen LogP contribution in [0.2, 0.25) is 0 Å². The van der Waals surface area contributed by atoms with Crippen LogP contribution < -0.4 is 5.32 Å². The summed E-state index contributed by atoms with van der Waals surface area (Å²) in [6.07, 6.45) is 0. The second-order valence-electron chi connectivity index (χ2n) is 3.79. The summed E-state index contributed by atoms with van der Waals surface area (Å²) in [5.74, 6) is 0. The standard InChI is InChI=1S/C13H15NS/c1-10-3-5-13(6-4-10)14-11(2)12-7-8-15-9-12/h3-9,11,14H,1-2H3. The molecule has 2 rings (SSSR count). The first-order chi connectivity index (χ1) is 7.25. The molecular weight excluding hydrogens is 202 g/mol. The molecule has 0 radical (unpaired) electrons. The SMILES string of the molecule is Cc1ccc(NC(C)c2ccsc2)cc1. The van der Waals surface area contributed by atoms with Crippen molar-refractivity contribution in [2.24, 2.45) is 0 Å². The van der Waals surface area contributed by atoms with Crippen LogP contribution in [0.15, 0.2) is 41.1 Å². The second-order valence-corrected chi connectivity index (χ2v) is 4.57. The fraction of sp³-hybridized carbons (Fsp3) is 0.231. The molecule has 1 N–H and O–H groups in total. The van der Waals surface area contributed by atoms with Gasteiger partial charge in [0, 0.05) is 11.7 Å². The summed E-state index contributed by atoms with van der Waals surface area (Å²) in [7, 11) is 0. The Morgan fingerprint density at radius 2 is 1.87 bits per heavy atom. The molecule has 0 amide bonds. The molecule has 0 aliphatic heterocycles. The van der Waals surface area contributed by atoms with Gasteiger partial charge in [0.15, 0.2) is 0 Å². The van der Waals surface area contributed by atoms with Gasteiger partial charge in [-0.15, -0.1) is 0 Å². The molecule has 0 bridgehead atoms. The van der Waals surface area contributed by atoms with Crippen LogP contribution in [0.1, 0.15) is 24.1 Å².